The van der Waals surface area contributed by atoms with E-state index >= 15 is 0 Å². The highest BCUT2D eigenvalue weighted by Gasteiger charge is 2.16. The van der Waals surface area contributed by atoms with E-state index in [0.29, 0.717) is 13.1 Å². The van der Waals surface area contributed by atoms with Crippen LogP contribution in [-0.4, -0.2) is 34.4 Å². The number of thioether (sulfide) groups is 1. The zero-order valence-corrected chi connectivity index (χ0v) is 11.8. The van der Waals surface area contributed by atoms with Gasteiger partial charge in [0.1, 0.15) is 0 Å². The Morgan fingerprint density at radius 3 is 2.83 bits per heavy atom. The Bertz CT molecular complexity index is 419. The number of rotatable bonds is 8. The highest BCUT2D eigenvalue weighted by molar-refractivity contribution is 8.02. The summed E-state index contributed by atoms with van der Waals surface area (Å²) in [5.74, 6) is -0.0318. The molecule has 5 nitrogen and oxygen atoms in total. The van der Waals surface area contributed by atoms with Gasteiger partial charge in [0, 0.05) is 13.1 Å². The summed E-state index contributed by atoms with van der Waals surface area (Å²) in [5.41, 5.74) is 0. The minimum absolute atomic E-state index is 0.0318. The molecule has 0 aromatic carbocycles. The Morgan fingerprint density at radius 1 is 1.44 bits per heavy atom. The van der Waals surface area contributed by atoms with Gasteiger partial charge < -0.3 is 10.6 Å². The van der Waals surface area contributed by atoms with Crippen molar-refractivity contribution in [2.24, 2.45) is 0 Å². The molecule has 0 aliphatic carbocycles. The van der Waals surface area contributed by atoms with Crippen molar-refractivity contribution in [1.82, 2.24) is 15.5 Å². The zero-order chi connectivity index (χ0) is 13.4. The third-order valence-corrected chi connectivity index (χ3v) is 3.94. The molecule has 0 saturated heterocycles. The van der Waals surface area contributed by atoms with E-state index in [0.717, 1.165) is 9.47 Å². The number of aromatic nitrogens is 2. The van der Waals surface area contributed by atoms with Crippen LogP contribution in [0.5, 0.6) is 0 Å². The molecule has 0 spiro atoms. The summed E-state index contributed by atoms with van der Waals surface area (Å²) in [6.07, 6.45) is 3.40. The number of hydrogen-bond donors (Lipinski definition) is 2. The summed E-state index contributed by atoms with van der Waals surface area (Å²) in [6.45, 7) is 10.1. The van der Waals surface area contributed by atoms with E-state index in [-0.39, 0.29) is 11.2 Å². The maximum Gasteiger partial charge on any atom is 0.233 e. The average Bonchev–Trinajstić information content (AvgIpc) is 2.80. The van der Waals surface area contributed by atoms with Crippen molar-refractivity contribution in [3.05, 3.63) is 25.3 Å². The lowest BCUT2D eigenvalue weighted by Crippen LogP contribution is -2.30. The standard InChI is InChI=1S/C11H16N4OS2/c1-4-6-12-9(16)8(3)17-11-15-14-10(18-11)13-7-5-2/h4-5,8H,1-2,6-7H2,3H3,(H,12,16)(H,13,14). The van der Waals surface area contributed by atoms with Gasteiger partial charge in [-0.25, -0.2) is 0 Å². The van der Waals surface area contributed by atoms with Gasteiger partial charge in [0.05, 0.1) is 5.25 Å². The van der Waals surface area contributed by atoms with Crippen molar-refractivity contribution in [3.63, 3.8) is 0 Å². The molecule has 1 unspecified atom stereocenters. The van der Waals surface area contributed by atoms with Crippen LogP contribution >= 0.6 is 23.1 Å². The van der Waals surface area contributed by atoms with E-state index in [1.807, 2.05) is 6.92 Å². The molecule has 18 heavy (non-hydrogen) atoms. The van der Waals surface area contributed by atoms with Gasteiger partial charge in [0.2, 0.25) is 11.0 Å². The topological polar surface area (TPSA) is 66.9 Å². The Balaban J connectivity index is 2.45. The minimum atomic E-state index is -0.204. The Morgan fingerprint density at radius 2 is 2.17 bits per heavy atom. The summed E-state index contributed by atoms with van der Waals surface area (Å²) in [4.78, 5) is 11.6. The molecule has 0 saturated carbocycles. The van der Waals surface area contributed by atoms with Crippen molar-refractivity contribution >= 4 is 34.1 Å². The summed E-state index contributed by atoms with van der Waals surface area (Å²) in [6, 6.07) is 0. The van der Waals surface area contributed by atoms with Gasteiger partial charge in [-0.15, -0.1) is 23.4 Å². The van der Waals surface area contributed by atoms with E-state index in [9.17, 15) is 4.79 Å². The molecule has 1 amide bonds. The first kappa shape index (κ1) is 14.7. The number of hydrogen-bond acceptors (Lipinski definition) is 6. The van der Waals surface area contributed by atoms with Gasteiger partial charge in [-0.3, -0.25) is 4.79 Å². The molecule has 0 aliphatic rings. The van der Waals surface area contributed by atoms with E-state index in [1.165, 1.54) is 23.1 Å². The number of amides is 1. The second-order valence-corrected chi connectivity index (χ2v) is 5.90. The summed E-state index contributed by atoms with van der Waals surface area (Å²) in [5, 5.41) is 14.3. The van der Waals surface area contributed by atoms with Gasteiger partial charge in [-0.05, 0) is 6.92 Å². The number of nitrogens with zero attached hydrogens (tertiary/aromatic N) is 2. The second kappa shape index (κ2) is 7.88. The molecule has 2 N–H and O–H groups in total. The van der Waals surface area contributed by atoms with Crippen LogP contribution in [0.1, 0.15) is 6.92 Å². The first-order valence-electron chi connectivity index (χ1n) is 5.41. The quantitative estimate of drug-likeness (QED) is 0.564. The molecular formula is C11H16N4OS2. The lowest BCUT2D eigenvalue weighted by atomic mass is 10.4. The van der Waals surface area contributed by atoms with E-state index in [2.05, 4.69) is 34.0 Å². The Hall–Kier alpha value is -1.34. The molecule has 1 aromatic rings. The van der Waals surface area contributed by atoms with Crippen LogP contribution in [0, 0.1) is 0 Å². The largest absolute Gasteiger partial charge is 0.357 e. The molecule has 0 bridgehead atoms. The highest BCUT2D eigenvalue weighted by atomic mass is 32.2. The number of carbonyl (C=O) groups is 1. The summed E-state index contributed by atoms with van der Waals surface area (Å²) in [7, 11) is 0. The first-order chi connectivity index (χ1) is 8.67. The third kappa shape index (κ3) is 4.89. The number of carbonyl (C=O) groups excluding carboxylic acids is 1. The smallest absolute Gasteiger partial charge is 0.233 e. The summed E-state index contributed by atoms with van der Waals surface area (Å²) >= 11 is 2.81. The molecular weight excluding hydrogens is 268 g/mol. The van der Waals surface area contributed by atoms with Crippen LogP contribution in [0.25, 0.3) is 0 Å². The fraction of sp³-hybridized carbons (Fsp3) is 0.364. The molecule has 0 fully saturated rings. The number of anilines is 1. The van der Waals surface area contributed by atoms with Crippen LogP contribution in [0.3, 0.4) is 0 Å². The average molecular weight is 284 g/mol. The SMILES string of the molecule is C=CCNC(=O)C(C)Sc1nnc(NCC=C)s1. The monoisotopic (exact) mass is 284 g/mol. The molecule has 1 heterocycles. The predicted molar refractivity (Wildman–Crippen MR) is 77.1 cm³/mol. The van der Waals surface area contributed by atoms with Gasteiger partial charge in [-0.2, -0.15) is 0 Å². The Labute approximate surface area is 115 Å². The Kier molecular flexibility index (Phi) is 6.45. The lowest BCUT2D eigenvalue weighted by Gasteiger charge is -2.07. The molecule has 98 valence electrons. The molecule has 0 radical (unpaired) electrons. The lowest BCUT2D eigenvalue weighted by molar-refractivity contribution is -0.120. The van der Waals surface area contributed by atoms with Crippen LogP contribution in [0.15, 0.2) is 29.6 Å². The van der Waals surface area contributed by atoms with Crippen molar-refractivity contribution < 1.29 is 4.79 Å². The molecule has 7 heteroatoms. The van der Waals surface area contributed by atoms with E-state index < -0.39 is 0 Å². The van der Waals surface area contributed by atoms with E-state index in [4.69, 9.17) is 0 Å². The van der Waals surface area contributed by atoms with Crippen LogP contribution in [0.4, 0.5) is 5.13 Å². The molecule has 0 aliphatic heterocycles. The van der Waals surface area contributed by atoms with Crippen LogP contribution < -0.4 is 10.6 Å². The van der Waals surface area contributed by atoms with Gasteiger partial charge in [-0.1, -0.05) is 35.3 Å². The first-order valence-corrected chi connectivity index (χ1v) is 7.10. The van der Waals surface area contributed by atoms with Gasteiger partial charge in [0.25, 0.3) is 0 Å². The minimum Gasteiger partial charge on any atom is -0.357 e. The van der Waals surface area contributed by atoms with Gasteiger partial charge >= 0.3 is 0 Å². The van der Waals surface area contributed by atoms with Crippen molar-refractivity contribution in [1.29, 1.82) is 0 Å². The fourth-order valence-electron chi connectivity index (χ4n) is 1.01. The number of nitrogens with one attached hydrogen (secondary N) is 2. The van der Waals surface area contributed by atoms with Crippen LogP contribution in [0.2, 0.25) is 0 Å². The highest BCUT2D eigenvalue weighted by Crippen LogP contribution is 2.28. The predicted octanol–water partition coefficient (Wildman–Crippen LogP) is 1.92. The van der Waals surface area contributed by atoms with Crippen LogP contribution in [-0.2, 0) is 4.79 Å². The summed E-state index contributed by atoms with van der Waals surface area (Å²) < 4.78 is 0.766. The maximum absolute atomic E-state index is 11.6. The maximum atomic E-state index is 11.6. The zero-order valence-electron chi connectivity index (χ0n) is 10.2. The third-order valence-electron chi connectivity index (χ3n) is 1.87. The molecule has 1 atom stereocenters. The molecule has 1 aromatic heterocycles. The van der Waals surface area contributed by atoms with Crippen molar-refractivity contribution in [3.8, 4) is 0 Å². The van der Waals surface area contributed by atoms with E-state index in [1.54, 1.807) is 12.2 Å². The second-order valence-electron chi connectivity index (χ2n) is 3.34. The van der Waals surface area contributed by atoms with Crippen molar-refractivity contribution in [2.75, 3.05) is 18.4 Å². The molecule has 1 rings (SSSR count). The normalized spacial score (nSPS) is 11.6. The van der Waals surface area contributed by atoms with Gasteiger partial charge in [0.15, 0.2) is 4.34 Å². The fourth-order valence-corrected chi connectivity index (χ4v) is 2.94. The van der Waals surface area contributed by atoms with Crippen molar-refractivity contribution in [2.45, 2.75) is 16.5 Å².